The lowest BCUT2D eigenvalue weighted by Crippen LogP contribution is -2.29. The van der Waals surface area contributed by atoms with Gasteiger partial charge in [-0.1, -0.05) is 12.1 Å². The highest BCUT2D eigenvalue weighted by Gasteiger charge is 2.21. The molecule has 0 saturated carbocycles. The zero-order valence-corrected chi connectivity index (χ0v) is 11.8. The van der Waals surface area contributed by atoms with Gasteiger partial charge in [-0.2, -0.15) is 0 Å². The molecule has 0 radical (unpaired) electrons. The van der Waals surface area contributed by atoms with Gasteiger partial charge < -0.3 is 0 Å². The summed E-state index contributed by atoms with van der Waals surface area (Å²) in [6.07, 6.45) is 3.78. The number of thiophene rings is 1. The molecule has 5 heteroatoms. The Kier molecular flexibility index (Phi) is 3.83. The summed E-state index contributed by atoms with van der Waals surface area (Å²) in [7, 11) is 0. The zero-order chi connectivity index (χ0) is 14.1. The molecule has 0 aliphatic heterocycles. The number of rotatable bonds is 4. The van der Waals surface area contributed by atoms with Crippen molar-refractivity contribution in [3.8, 4) is 0 Å². The van der Waals surface area contributed by atoms with Gasteiger partial charge in [-0.15, -0.1) is 11.3 Å². The number of hydrazine groups is 1. The third kappa shape index (κ3) is 2.49. The van der Waals surface area contributed by atoms with Crippen LogP contribution in [0, 0.1) is 11.6 Å². The molecular weight excluding hydrogens is 278 g/mol. The quantitative estimate of drug-likeness (QED) is 0.671. The van der Waals surface area contributed by atoms with Crippen LogP contribution in [0.2, 0.25) is 0 Å². The van der Waals surface area contributed by atoms with E-state index in [1.165, 1.54) is 22.9 Å². The smallest absolute Gasteiger partial charge is 0.162 e. The van der Waals surface area contributed by atoms with Gasteiger partial charge in [-0.3, -0.25) is 11.3 Å². The first-order chi connectivity index (χ1) is 9.69. The standard InChI is InChI=1S/C15H16F2N2S/c16-11-5-1-4-10(15(11)17)7-12(19-18)14-8-9-3-2-6-13(9)20-14/h1,4-5,8,12,19H,2-3,6-7,18H2. The van der Waals surface area contributed by atoms with Gasteiger partial charge in [-0.25, -0.2) is 8.78 Å². The topological polar surface area (TPSA) is 38.0 Å². The second-order valence-electron chi connectivity index (χ2n) is 5.09. The third-order valence-electron chi connectivity index (χ3n) is 3.77. The van der Waals surface area contributed by atoms with Crippen molar-refractivity contribution in [2.45, 2.75) is 31.7 Å². The van der Waals surface area contributed by atoms with Gasteiger partial charge >= 0.3 is 0 Å². The lowest BCUT2D eigenvalue weighted by Gasteiger charge is -2.15. The predicted octanol–water partition coefficient (Wildman–Crippen LogP) is 3.26. The second kappa shape index (κ2) is 5.60. The molecule has 0 amide bonds. The van der Waals surface area contributed by atoms with Gasteiger partial charge in [0.05, 0.1) is 6.04 Å². The summed E-state index contributed by atoms with van der Waals surface area (Å²) >= 11 is 1.73. The van der Waals surface area contributed by atoms with E-state index in [0.717, 1.165) is 23.8 Å². The molecule has 3 N–H and O–H groups in total. The Morgan fingerprint density at radius 3 is 2.90 bits per heavy atom. The fourth-order valence-corrected chi connectivity index (χ4v) is 4.01. The number of benzene rings is 1. The van der Waals surface area contributed by atoms with Crippen molar-refractivity contribution < 1.29 is 8.78 Å². The Labute approximate surface area is 120 Å². The lowest BCUT2D eigenvalue weighted by molar-refractivity contribution is 0.483. The van der Waals surface area contributed by atoms with Crippen molar-refractivity contribution in [1.82, 2.24) is 5.43 Å². The van der Waals surface area contributed by atoms with Crippen LogP contribution in [0.5, 0.6) is 0 Å². The van der Waals surface area contributed by atoms with Gasteiger partial charge in [0.1, 0.15) is 0 Å². The minimum Gasteiger partial charge on any atom is -0.271 e. The van der Waals surface area contributed by atoms with Crippen LogP contribution in [0.15, 0.2) is 24.3 Å². The number of fused-ring (bicyclic) bond motifs is 1. The molecule has 106 valence electrons. The fraction of sp³-hybridized carbons (Fsp3) is 0.333. The molecule has 0 saturated heterocycles. The zero-order valence-electron chi connectivity index (χ0n) is 11.0. The molecule has 1 aromatic carbocycles. The molecule has 0 fully saturated rings. The number of nitrogens with one attached hydrogen (secondary N) is 1. The highest BCUT2D eigenvalue weighted by Crippen LogP contribution is 2.34. The Balaban J connectivity index is 1.84. The molecule has 2 aromatic rings. The monoisotopic (exact) mass is 294 g/mol. The van der Waals surface area contributed by atoms with E-state index in [0.29, 0.717) is 12.0 Å². The maximum absolute atomic E-state index is 13.7. The molecule has 1 heterocycles. The second-order valence-corrected chi connectivity index (χ2v) is 6.26. The predicted molar refractivity (Wildman–Crippen MR) is 76.5 cm³/mol. The molecule has 0 bridgehead atoms. The molecule has 1 aliphatic rings. The number of halogens is 2. The summed E-state index contributed by atoms with van der Waals surface area (Å²) in [5.74, 6) is 4.01. The number of hydrogen-bond donors (Lipinski definition) is 2. The van der Waals surface area contributed by atoms with E-state index in [9.17, 15) is 8.78 Å². The summed E-state index contributed by atoms with van der Waals surface area (Å²) in [6.45, 7) is 0. The normalized spacial score (nSPS) is 15.3. The van der Waals surface area contributed by atoms with Gasteiger partial charge in [0, 0.05) is 9.75 Å². The van der Waals surface area contributed by atoms with Crippen LogP contribution in [0.1, 0.15) is 33.3 Å². The van der Waals surface area contributed by atoms with Crippen molar-refractivity contribution in [3.05, 3.63) is 56.8 Å². The van der Waals surface area contributed by atoms with Crippen LogP contribution in [-0.2, 0) is 19.3 Å². The summed E-state index contributed by atoms with van der Waals surface area (Å²) in [6, 6.07) is 6.22. The van der Waals surface area contributed by atoms with E-state index >= 15 is 0 Å². The van der Waals surface area contributed by atoms with Crippen molar-refractivity contribution in [2.24, 2.45) is 5.84 Å². The largest absolute Gasteiger partial charge is 0.271 e. The third-order valence-corrected chi connectivity index (χ3v) is 5.12. The Morgan fingerprint density at radius 2 is 2.15 bits per heavy atom. The van der Waals surface area contributed by atoms with Crippen molar-refractivity contribution in [1.29, 1.82) is 0 Å². The highest BCUT2D eigenvalue weighted by molar-refractivity contribution is 7.12. The molecule has 2 nitrogen and oxygen atoms in total. The van der Waals surface area contributed by atoms with Crippen molar-refractivity contribution in [2.75, 3.05) is 0 Å². The van der Waals surface area contributed by atoms with Crippen molar-refractivity contribution >= 4 is 11.3 Å². The number of nitrogens with two attached hydrogens (primary N) is 1. The summed E-state index contributed by atoms with van der Waals surface area (Å²) in [5.41, 5.74) is 4.45. The molecule has 0 spiro atoms. The van der Waals surface area contributed by atoms with Crippen LogP contribution >= 0.6 is 11.3 Å². The van der Waals surface area contributed by atoms with E-state index in [1.54, 1.807) is 17.4 Å². The Hall–Kier alpha value is -1.30. The molecule has 1 aliphatic carbocycles. The Morgan fingerprint density at radius 1 is 1.30 bits per heavy atom. The van der Waals surface area contributed by atoms with E-state index < -0.39 is 11.6 Å². The van der Waals surface area contributed by atoms with Crippen LogP contribution in [0.3, 0.4) is 0 Å². The first-order valence-electron chi connectivity index (χ1n) is 6.69. The van der Waals surface area contributed by atoms with Gasteiger partial charge in [-0.05, 0) is 48.9 Å². The summed E-state index contributed by atoms with van der Waals surface area (Å²) < 4.78 is 27.0. The molecular formula is C15H16F2N2S. The minimum absolute atomic E-state index is 0.179. The van der Waals surface area contributed by atoms with E-state index in [1.807, 2.05) is 0 Å². The maximum Gasteiger partial charge on any atom is 0.162 e. The van der Waals surface area contributed by atoms with Gasteiger partial charge in [0.25, 0.3) is 0 Å². The number of aryl methyl sites for hydroxylation is 2. The Bertz CT molecular complexity index is 603. The van der Waals surface area contributed by atoms with E-state index in [2.05, 4.69) is 11.5 Å². The minimum atomic E-state index is -0.813. The molecule has 1 aromatic heterocycles. The average Bonchev–Trinajstić information content (AvgIpc) is 3.01. The first kappa shape index (κ1) is 13.7. The average molecular weight is 294 g/mol. The van der Waals surface area contributed by atoms with Crippen LogP contribution in [0.25, 0.3) is 0 Å². The van der Waals surface area contributed by atoms with E-state index in [-0.39, 0.29) is 6.04 Å². The lowest BCUT2D eigenvalue weighted by atomic mass is 10.0. The van der Waals surface area contributed by atoms with Crippen LogP contribution < -0.4 is 11.3 Å². The SMILES string of the molecule is NNC(Cc1cccc(F)c1F)c1cc2c(s1)CCC2. The van der Waals surface area contributed by atoms with Gasteiger partial charge in [0.2, 0.25) is 0 Å². The molecule has 20 heavy (non-hydrogen) atoms. The summed E-state index contributed by atoms with van der Waals surface area (Å²) in [4.78, 5) is 2.50. The number of hydrogen-bond acceptors (Lipinski definition) is 3. The molecule has 1 atom stereocenters. The first-order valence-corrected chi connectivity index (χ1v) is 7.51. The fourth-order valence-electron chi connectivity index (χ4n) is 2.69. The van der Waals surface area contributed by atoms with Crippen LogP contribution in [0.4, 0.5) is 8.78 Å². The van der Waals surface area contributed by atoms with E-state index in [4.69, 9.17) is 5.84 Å². The maximum atomic E-state index is 13.7. The summed E-state index contributed by atoms with van der Waals surface area (Å²) in [5, 5.41) is 0. The highest BCUT2D eigenvalue weighted by atomic mass is 32.1. The van der Waals surface area contributed by atoms with Crippen LogP contribution in [-0.4, -0.2) is 0 Å². The molecule has 1 unspecified atom stereocenters. The van der Waals surface area contributed by atoms with Gasteiger partial charge in [0.15, 0.2) is 11.6 Å². The van der Waals surface area contributed by atoms with Crippen molar-refractivity contribution in [3.63, 3.8) is 0 Å². The molecule has 3 rings (SSSR count).